The van der Waals surface area contributed by atoms with Gasteiger partial charge >= 0.3 is 7.32 Å². The van der Waals surface area contributed by atoms with Crippen molar-refractivity contribution in [2.45, 2.75) is 20.0 Å². The average Bonchev–Trinajstić information content (AvgIpc) is 2.17. The Morgan fingerprint density at radius 1 is 1.78 bits per heavy atom. The standard InChI is InChI=1S/C5H11BO3/c1-3-7-6-8-4-5(2)9-6/h5H,3-4H2,1-2H3. The van der Waals surface area contributed by atoms with Crippen LogP contribution in [0, 0.1) is 0 Å². The van der Waals surface area contributed by atoms with Crippen LogP contribution in [-0.2, 0) is 14.0 Å². The van der Waals surface area contributed by atoms with Gasteiger partial charge in [-0.15, -0.1) is 0 Å². The van der Waals surface area contributed by atoms with Gasteiger partial charge in [-0.25, -0.2) is 0 Å². The summed E-state index contributed by atoms with van der Waals surface area (Å²) in [7, 11) is -0.412. The van der Waals surface area contributed by atoms with Crippen molar-refractivity contribution in [3.05, 3.63) is 0 Å². The Balaban J connectivity index is 2.14. The van der Waals surface area contributed by atoms with E-state index in [1.54, 1.807) is 0 Å². The lowest BCUT2D eigenvalue weighted by Gasteiger charge is -2.01. The smallest absolute Gasteiger partial charge is 0.386 e. The summed E-state index contributed by atoms with van der Waals surface area (Å²) >= 11 is 0. The second-order valence-electron chi connectivity index (χ2n) is 2.02. The summed E-state index contributed by atoms with van der Waals surface area (Å²) in [4.78, 5) is 0. The Kier molecular flexibility index (Phi) is 2.51. The van der Waals surface area contributed by atoms with Gasteiger partial charge in [-0.3, -0.25) is 0 Å². The van der Waals surface area contributed by atoms with Crippen LogP contribution in [0.5, 0.6) is 0 Å². The zero-order chi connectivity index (χ0) is 6.69. The summed E-state index contributed by atoms with van der Waals surface area (Å²) in [5.74, 6) is 0. The van der Waals surface area contributed by atoms with E-state index in [4.69, 9.17) is 14.0 Å². The van der Waals surface area contributed by atoms with Crippen molar-refractivity contribution in [1.82, 2.24) is 0 Å². The molecule has 9 heavy (non-hydrogen) atoms. The Morgan fingerprint density at radius 2 is 2.56 bits per heavy atom. The minimum atomic E-state index is -0.412. The van der Waals surface area contributed by atoms with Gasteiger partial charge in [0.05, 0.1) is 12.7 Å². The van der Waals surface area contributed by atoms with E-state index in [1.807, 2.05) is 13.8 Å². The molecule has 0 N–H and O–H groups in total. The van der Waals surface area contributed by atoms with Crippen molar-refractivity contribution in [2.75, 3.05) is 13.2 Å². The fourth-order valence-corrected chi connectivity index (χ4v) is 0.706. The lowest BCUT2D eigenvalue weighted by molar-refractivity contribution is 0.173. The fourth-order valence-electron chi connectivity index (χ4n) is 0.706. The maximum atomic E-state index is 5.16. The SMILES string of the molecule is CCOB1OCC(C)O1. The highest BCUT2D eigenvalue weighted by Crippen LogP contribution is 2.07. The second-order valence-corrected chi connectivity index (χ2v) is 2.02. The minimum Gasteiger partial charge on any atom is -0.386 e. The lowest BCUT2D eigenvalue weighted by Crippen LogP contribution is -2.20. The van der Waals surface area contributed by atoms with Crippen LogP contribution in [0.4, 0.5) is 0 Å². The molecule has 52 valence electrons. The molecule has 4 heteroatoms. The number of rotatable bonds is 2. The Labute approximate surface area is 55.5 Å². The first kappa shape index (κ1) is 7.06. The van der Waals surface area contributed by atoms with E-state index in [1.165, 1.54) is 0 Å². The zero-order valence-electron chi connectivity index (χ0n) is 5.79. The number of hydrogen-bond donors (Lipinski definition) is 0. The van der Waals surface area contributed by atoms with Crippen molar-refractivity contribution in [1.29, 1.82) is 0 Å². The highest BCUT2D eigenvalue weighted by molar-refractivity contribution is 6.37. The maximum absolute atomic E-state index is 5.16. The normalized spacial score (nSPS) is 27.3. The largest absolute Gasteiger partial charge is 0.639 e. The quantitative estimate of drug-likeness (QED) is 0.507. The molecule has 0 bridgehead atoms. The molecule has 0 spiro atoms. The molecule has 0 aromatic rings. The Bertz CT molecular complexity index is 86.3. The predicted molar refractivity (Wildman–Crippen MR) is 33.9 cm³/mol. The number of hydrogen-bond acceptors (Lipinski definition) is 3. The van der Waals surface area contributed by atoms with Gasteiger partial charge in [0.15, 0.2) is 0 Å². The van der Waals surface area contributed by atoms with E-state index in [9.17, 15) is 0 Å². The van der Waals surface area contributed by atoms with Crippen molar-refractivity contribution in [3.8, 4) is 0 Å². The molecule has 1 aliphatic heterocycles. The molecular weight excluding hydrogens is 119 g/mol. The summed E-state index contributed by atoms with van der Waals surface area (Å²) < 4.78 is 15.2. The van der Waals surface area contributed by atoms with E-state index < -0.39 is 7.32 Å². The molecule has 1 atom stereocenters. The molecule has 1 fully saturated rings. The molecule has 0 aromatic carbocycles. The summed E-state index contributed by atoms with van der Waals surface area (Å²) in [5, 5.41) is 0. The summed E-state index contributed by atoms with van der Waals surface area (Å²) in [6.45, 7) is 5.15. The van der Waals surface area contributed by atoms with Gasteiger partial charge in [0, 0.05) is 6.61 Å². The van der Waals surface area contributed by atoms with Crippen LogP contribution in [0.2, 0.25) is 0 Å². The summed E-state index contributed by atoms with van der Waals surface area (Å²) in [6.07, 6.45) is 0.182. The van der Waals surface area contributed by atoms with Crippen LogP contribution in [-0.4, -0.2) is 26.6 Å². The molecule has 0 aliphatic carbocycles. The monoisotopic (exact) mass is 130 g/mol. The Morgan fingerprint density at radius 3 is 3.00 bits per heavy atom. The van der Waals surface area contributed by atoms with Crippen molar-refractivity contribution in [2.24, 2.45) is 0 Å². The van der Waals surface area contributed by atoms with Crippen molar-refractivity contribution < 1.29 is 14.0 Å². The van der Waals surface area contributed by atoms with Gasteiger partial charge in [-0.2, -0.15) is 0 Å². The van der Waals surface area contributed by atoms with E-state index in [-0.39, 0.29) is 6.10 Å². The first-order valence-electron chi connectivity index (χ1n) is 3.21. The first-order chi connectivity index (χ1) is 4.33. The molecule has 1 heterocycles. The molecule has 0 amide bonds. The van der Waals surface area contributed by atoms with Gasteiger partial charge in [0.2, 0.25) is 0 Å². The first-order valence-corrected chi connectivity index (χ1v) is 3.21. The van der Waals surface area contributed by atoms with E-state index in [0.29, 0.717) is 13.2 Å². The van der Waals surface area contributed by atoms with E-state index in [2.05, 4.69) is 0 Å². The third-order valence-corrected chi connectivity index (χ3v) is 1.11. The van der Waals surface area contributed by atoms with E-state index >= 15 is 0 Å². The van der Waals surface area contributed by atoms with Gasteiger partial charge in [0.25, 0.3) is 0 Å². The van der Waals surface area contributed by atoms with Crippen LogP contribution in [0.3, 0.4) is 0 Å². The molecule has 1 saturated heterocycles. The van der Waals surface area contributed by atoms with Crippen LogP contribution < -0.4 is 0 Å². The molecule has 0 aromatic heterocycles. The van der Waals surface area contributed by atoms with Crippen LogP contribution in [0.15, 0.2) is 0 Å². The predicted octanol–water partition coefficient (Wildman–Crippen LogP) is 0.443. The maximum Gasteiger partial charge on any atom is 0.639 e. The third-order valence-electron chi connectivity index (χ3n) is 1.11. The lowest BCUT2D eigenvalue weighted by atomic mass is 10.2. The summed E-state index contributed by atoms with van der Waals surface area (Å²) in [6, 6.07) is 0. The fraction of sp³-hybridized carbons (Fsp3) is 1.00. The molecule has 1 aliphatic rings. The highest BCUT2D eigenvalue weighted by Gasteiger charge is 2.30. The van der Waals surface area contributed by atoms with Crippen LogP contribution in [0.25, 0.3) is 0 Å². The summed E-state index contributed by atoms with van der Waals surface area (Å²) in [5.41, 5.74) is 0. The molecule has 0 radical (unpaired) electrons. The molecule has 0 saturated carbocycles. The second kappa shape index (κ2) is 3.20. The van der Waals surface area contributed by atoms with Gasteiger partial charge in [-0.1, -0.05) is 0 Å². The van der Waals surface area contributed by atoms with E-state index in [0.717, 1.165) is 0 Å². The molecular formula is C5H11BO3. The van der Waals surface area contributed by atoms with Crippen LogP contribution in [0.1, 0.15) is 13.8 Å². The van der Waals surface area contributed by atoms with Crippen molar-refractivity contribution >= 4 is 7.32 Å². The topological polar surface area (TPSA) is 27.7 Å². The minimum absolute atomic E-state index is 0.182. The van der Waals surface area contributed by atoms with Gasteiger partial charge in [-0.05, 0) is 13.8 Å². The van der Waals surface area contributed by atoms with Gasteiger partial charge in [0.1, 0.15) is 0 Å². The van der Waals surface area contributed by atoms with Gasteiger partial charge < -0.3 is 14.0 Å². The molecule has 1 rings (SSSR count). The molecule has 1 unspecified atom stereocenters. The third kappa shape index (κ3) is 1.97. The zero-order valence-corrected chi connectivity index (χ0v) is 5.79. The molecule has 3 nitrogen and oxygen atoms in total. The highest BCUT2D eigenvalue weighted by atomic mass is 16.8. The average molecular weight is 130 g/mol. The van der Waals surface area contributed by atoms with Crippen LogP contribution >= 0.6 is 0 Å². The Hall–Kier alpha value is -0.0551. The van der Waals surface area contributed by atoms with Crippen molar-refractivity contribution in [3.63, 3.8) is 0 Å².